The molecule has 0 aliphatic heterocycles. The summed E-state index contributed by atoms with van der Waals surface area (Å²) in [6.07, 6.45) is 6.12. The molecule has 0 heterocycles. The molecule has 0 aromatic rings. The number of amides is 1. The summed E-state index contributed by atoms with van der Waals surface area (Å²) < 4.78 is 11.1. The van der Waals surface area contributed by atoms with Crippen molar-refractivity contribution < 1.29 is 38.2 Å². The van der Waals surface area contributed by atoms with Gasteiger partial charge in [-0.2, -0.15) is 12.6 Å². The highest BCUT2D eigenvalue weighted by molar-refractivity contribution is 7.80. The van der Waals surface area contributed by atoms with E-state index in [9.17, 15) is 19.2 Å². The molecule has 2 atom stereocenters. The van der Waals surface area contributed by atoms with Crippen LogP contribution in [0.15, 0.2) is 0 Å². The number of carbonyl (C=O) groups is 4. The van der Waals surface area contributed by atoms with Crippen LogP contribution in [-0.2, 0) is 28.7 Å². The fourth-order valence-corrected chi connectivity index (χ4v) is 4.60. The van der Waals surface area contributed by atoms with Gasteiger partial charge in [0.1, 0.15) is 19.8 Å². The maximum absolute atomic E-state index is 12.9. The number of carboxylic acid groups (broad SMARTS) is 1. The van der Waals surface area contributed by atoms with E-state index in [1.807, 2.05) is 6.92 Å². The van der Waals surface area contributed by atoms with Crippen LogP contribution < -0.4 is 5.32 Å². The third-order valence-electron chi connectivity index (χ3n) is 6.62. The summed E-state index contributed by atoms with van der Waals surface area (Å²) in [4.78, 5) is 48.6. The molecule has 0 aromatic heterocycles. The number of rotatable bonds is 20. The molecule has 2 unspecified atom stereocenters. The molecule has 1 amide bonds. The molecule has 0 bridgehead atoms. The van der Waals surface area contributed by atoms with E-state index in [-0.39, 0.29) is 43.1 Å². The van der Waals surface area contributed by atoms with Gasteiger partial charge < -0.3 is 24.4 Å². The standard InChI is InChI=1S/C27H50N2O7S/c1-8-12-21(37)13-10-11-14-22(30)28-15-17-35-25(34)27(5,9-2)20-26(3,4)24(33)36-18-16-29(6,7)19-23(31)32/h21H,8-20H2,1-7H3,(H2-,28,30,31,32,37)/p+1. The molecule has 0 aromatic carbocycles. The number of thiol groups is 1. The zero-order valence-electron chi connectivity index (χ0n) is 24.1. The Morgan fingerprint density at radius 2 is 1.59 bits per heavy atom. The second kappa shape index (κ2) is 16.9. The van der Waals surface area contributed by atoms with Crippen molar-refractivity contribution in [1.29, 1.82) is 0 Å². The Bertz CT molecular complexity index is 742. The van der Waals surface area contributed by atoms with Gasteiger partial charge in [-0.1, -0.05) is 26.7 Å². The Morgan fingerprint density at radius 3 is 2.16 bits per heavy atom. The van der Waals surface area contributed by atoms with Crippen molar-refractivity contribution in [2.45, 2.75) is 91.2 Å². The molecule has 0 spiro atoms. The van der Waals surface area contributed by atoms with Crippen LogP contribution in [0.2, 0.25) is 0 Å². The maximum atomic E-state index is 12.9. The minimum atomic E-state index is -0.939. The Hall–Kier alpha value is -1.81. The Labute approximate surface area is 229 Å². The number of unbranched alkanes of at least 4 members (excludes halogenated alkanes) is 1. The molecule has 2 N–H and O–H groups in total. The maximum Gasteiger partial charge on any atom is 0.359 e. The van der Waals surface area contributed by atoms with E-state index >= 15 is 0 Å². The van der Waals surface area contributed by atoms with Crippen molar-refractivity contribution in [3.8, 4) is 0 Å². The van der Waals surface area contributed by atoms with Crippen molar-refractivity contribution in [3.05, 3.63) is 0 Å². The number of ether oxygens (including phenoxy) is 2. The highest BCUT2D eigenvalue weighted by atomic mass is 32.1. The van der Waals surface area contributed by atoms with Crippen LogP contribution in [-0.4, -0.2) is 85.6 Å². The monoisotopic (exact) mass is 547 g/mol. The van der Waals surface area contributed by atoms with E-state index in [4.69, 9.17) is 14.6 Å². The fourth-order valence-electron chi connectivity index (χ4n) is 4.16. The molecular formula is C27H51N2O7S+. The van der Waals surface area contributed by atoms with Gasteiger partial charge in [0.2, 0.25) is 5.91 Å². The molecule has 0 radical (unpaired) electrons. The number of quaternary nitrogens is 1. The average molecular weight is 548 g/mol. The smallest absolute Gasteiger partial charge is 0.359 e. The van der Waals surface area contributed by atoms with Crippen LogP contribution >= 0.6 is 12.6 Å². The summed E-state index contributed by atoms with van der Waals surface area (Å²) in [7, 11) is 3.51. The molecule has 0 fully saturated rings. The van der Waals surface area contributed by atoms with Gasteiger partial charge in [-0.3, -0.25) is 14.4 Å². The van der Waals surface area contributed by atoms with Crippen LogP contribution in [0.25, 0.3) is 0 Å². The number of nitrogens with one attached hydrogen (secondary N) is 1. The average Bonchev–Trinajstić information content (AvgIpc) is 2.78. The number of nitrogens with zero attached hydrogens (tertiary/aromatic N) is 1. The number of esters is 2. The third-order valence-corrected chi connectivity index (χ3v) is 7.14. The predicted molar refractivity (Wildman–Crippen MR) is 147 cm³/mol. The molecule has 0 saturated heterocycles. The van der Waals surface area contributed by atoms with E-state index < -0.39 is 28.7 Å². The van der Waals surface area contributed by atoms with Gasteiger partial charge in [0.15, 0.2) is 6.54 Å². The number of carbonyl (C=O) groups excluding carboxylic acids is 3. The molecule has 9 nitrogen and oxygen atoms in total. The highest BCUT2D eigenvalue weighted by Gasteiger charge is 2.43. The summed E-state index contributed by atoms with van der Waals surface area (Å²) in [6, 6.07) is 0. The number of hydrogen-bond acceptors (Lipinski definition) is 7. The summed E-state index contributed by atoms with van der Waals surface area (Å²) in [5, 5.41) is 12.2. The molecule has 0 saturated carbocycles. The van der Waals surface area contributed by atoms with E-state index in [1.165, 1.54) is 0 Å². The van der Waals surface area contributed by atoms with Gasteiger partial charge in [-0.15, -0.1) is 0 Å². The fraction of sp³-hybridized carbons (Fsp3) is 0.852. The van der Waals surface area contributed by atoms with Crippen molar-refractivity contribution in [3.63, 3.8) is 0 Å². The number of aliphatic carboxylic acids is 1. The van der Waals surface area contributed by atoms with E-state index in [1.54, 1.807) is 34.9 Å². The number of carboxylic acids is 1. The van der Waals surface area contributed by atoms with Crippen molar-refractivity contribution in [2.24, 2.45) is 10.8 Å². The topological polar surface area (TPSA) is 119 Å². The lowest BCUT2D eigenvalue weighted by Gasteiger charge is -2.34. The lowest BCUT2D eigenvalue weighted by molar-refractivity contribution is -0.883. The first-order valence-corrected chi connectivity index (χ1v) is 13.9. The molecular weight excluding hydrogens is 496 g/mol. The van der Waals surface area contributed by atoms with Gasteiger partial charge in [-0.25, -0.2) is 4.79 Å². The summed E-state index contributed by atoms with van der Waals surface area (Å²) >= 11 is 4.53. The third kappa shape index (κ3) is 15.3. The second-order valence-electron chi connectivity index (χ2n) is 11.5. The van der Waals surface area contributed by atoms with Gasteiger partial charge in [-0.05, 0) is 52.9 Å². The largest absolute Gasteiger partial charge is 0.477 e. The molecule has 0 aliphatic carbocycles. The molecule has 0 rings (SSSR count). The Kier molecular flexibility index (Phi) is 16.1. The molecule has 37 heavy (non-hydrogen) atoms. The summed E-state index contributed by atoms with van der Waals surface area (Å²) in [6.45, 7) is 9.91. The number of likely N-dealkylation sites (N-methyl/N-ethyl adjacent to an activating group) is 1. The van der Waals surface area contributed by atoms with Crippen LogP contribution in [0.1, 0.15) is 86.0 Å². The quantitative estimate of drug-likeness (QED) is 0.0917. The first-order chi connectivity index (χ1) is 17.1. The summed E-state index contributed by atoms with van der Waals surface area (Å²) in [5.74, 6) is -1.84. The second-order valence-corrected chi connectivity index (χ2v) is 12.2. The van der Waals surface area contributed by atoms with E-state index in [2.05, 4.69) is 24.9 Å². The van der Waals surface area contributed by atoms with Crippen molar-refractivity contribution in [2.75, 3.05) is 46.9 Å². The van der Waals surface area contributed by atoms with Crippen molar-refractivity contribution in [1.82, 2.24) is 5.32 Å². The van der Waals surface area contributed by atoms with Gasteiger partial charge in [0, 0.05) is 11.7 Å². The summed E-state index contributed by atoms with van der Waals surface area (Å²) in [5.41, 5.74) is -1.84. The highest BCUT2D eigenvalue weighted by Crippen LogP contribution is 2.38. The minimum Gasteiger partial charge on any atom is -0.477 e. The van der Waals surface area contributed by atoms with E-state index in [0.29, 0.717) is 24.6 Å². The van der Waals surface area contributed by atoms with Crippen molar-refractivity contribution >= 4 is 36.4 Å². The van der Waals surface area contributed by atoms with E-state index in [0.717, 1.165) is 32.1 Å². The van der Waals surface area contributed by atoms with Crippen LogP contribution in [0.3, 0.4) is 0 Å². The SMILES string of the molecule is CCCC(S)CCCCC(=O)NCCOC(=O)C(C)(CC)CC(C)(C)C(=O)OCC[N+](C)(C)CC(=O)O. The van der Waals surface area contributed by atoms with Crippen LogP contribution in [0, 0.1) is 10.8 Å². The molecule has 10 heteroatoms. The van der Waals surface area contributed by atoms with Crippen LogP contribution in [0.4, 0.5) is 0 Å². The Morgan fingerprint density at radius 1 is 0.973 bits per heavy atom. The lowest BCUT2D eigenvalue weighted by atomic mass is 9.72. The normalized spacial score (nSPS) is 14.4. The van der Waals surface area contributed by atoms with Crippen LogP contribution in [0.5, 0.6) is 0 Å². The first-order valence-electron chi connectivity index (χ1n) is 13.4. The zero-order chi connectivity index (χ0) is 28.7. The van der Waals surface area contributed by atoms with Gasteiger partial charge >= 0.3 is 17.9 Å². The zero-order valence-corrected chi connectivity index (χ0v) is 25.0. The lowest BCUT2D eigenvalue weighted by Crippen LogP contribution is -2.46. The van der Waals surface area contributed by atoms with Gasteiger partial charge in [0.25, 0.3) is 0 Å². The Balaban J connectivity index is 4.52. The molecule has 216 valence electrons. The number of hydrogen-bond donors (Lipinski definition) is 3. The predicted octanol–water partition coefficient (Wildman–Crippen LogP) is 3.84. The van der Waals surface area contributed by atoms with Gasteiger partial charge in [0.05, 0.1) is 31.5 Å². The molecule has 0 aliphatic rings. The minimum absolute atomic E-state index is 0.0606. The first kappa shape index (κ1) is 35.2.